The molecule has 0 aliphatic heterocycles. The van der Waals surface area contributed by atoms with Crippen molar-refractivity contribution in [1.29, 1.82) is 0 Å². The molecule has 0 saturated carbocycles. The topological polar surface area (TPSA) is 88.9 Å². The summed E-state index contributed by atoms with van der Waals surface area (Å²) in [5.41, 5.74) is 2.15. The first-order valence-corrected chi connectivity index (χ1v) is 9.68. The number of aromatic nitrogens is 3. The molecular weight excluding hydrogens is 390 g/mol. The first kappa shape index (κ1) is 20.5. The molecule has 3 rings (SSSR count). The van der Waals surface area contributed by atoms with Crippen LogP contribution in [0.15, 0.2) is 48.8 Å². The highest BCUT2D eigenvalue weighted by atomic mass is 35.5. The Bertz CT molecular complexity index is 1030. The Morgan fingerprint density at radius 3 is 2.62 bits per heavy atom. The molecule has 2 amide bonds. The molecule has 150 valence electrons. The molecule has 8 heteroatoms. The number of anilines is 2. The zero-order valence-corrected chi connectivity index (χ0v) is 17.2. The standard InChI is InChI=1S/C21H22ClN5O2/c1-4-19(28)25-14-8-9-16(22)17(11-14)26-21(29)15-12-24-27(20(15)13(2)3)18-7-5-6-10-23-18/h5-13H,4H2,1-3H3,(H,25,28)(H,26,29). The normalized spacial score (nSPS) is 10.8. The van der Waals surface area contributed by atoms with Crippen molar-refractivity contribution in [2.24, 2.45) is 0 Å². The van der Waals surface area contributed by atoms with E-state index in [0.29, 0.717) is 34.2 Å². The lowest BCUT2D eigenvalue weighted by Crippen LogP contribution is -2.16. The van der Waals surface area contributed by atoms with Crippen LogP contribution in [0.3, 0.4) is 0 Å². The third kappa shape index (κ3) is 4.63. The Hall–Kier alpha value is -3.19. The second-order valence-corrected chi connectivity index (χ2v) is 7.16. The molecular formula is C21H22ClN5O2. The predicted octanol–water partition coefficient (Wildman–Crippen LogP) is 4.64. The Morgan fingerprint density at radius 2 is 1.97 bits per heavy atom. The summed E-state index contributed by atoms with van der Waals surface area (Å²) in [6, 6.07) is 10.5. The predicted molar refractivity (Wildman–Crippen MR) is 114 cm³/mol. The minimum absolute atomic E-state index is 0.0332. The van der Waals surface area contributed by atoms with E-state index in [1.54, 1.807) is 36.0 Å². The number of halogens is 1. The summed E-state index contributed by atoms with van der Waals surface area (Å²) >= 11 is 6.24. The van der Waals surface area contributed by atoms with Crippen LogP contribution in [-0.4, -0.2) is 26.6 Å². The van der Waals surface area contributed by atoms with Crippen LogP contribution in [-0.2, 0) is 4.79 Å². The van der Waals surface area contributed by atoms with Crippen molar-refractivity contribution in [3.8, 4) is 5.82 Å². The summed E-state index contributed by atoms with van der Waals surface area (Å²) in [6.45, 7) is 5.74. The maximum absolute atomic E-state index is 13.0. The molecule has 0 fully saturated rings. The summed E-state index contributed by atoms with van der Waals surface area (Å²) < 4.78 is 1.67. The highest BCUT2D eigenvalue weighted by molar-refractivity contribution is 6.34. The minimum atomic E-state index is -0.336. The van der Waals surface area contributed by atoms with E-state index in [-0.39, 0.29) is 17.7 Å². The number of rotatable bonds is 6. The van der Waals surface area contributed by atoms with Crippen LogP contribution in [0.25, 0.3) is 5.82 Å². The molecule has 0 unspecified atom stereocenters. The molecule has 0 spiro atoms. The highest BCUT2D eigenvalue weighted by Gasteiger charge is 2.22. The third-order valence-corrected chi connectivity index (χ3v) is 4.61. The second-order valence-electron chi connectivity index (χ2n) is 6.75. The van der Waals surface area contributed by atoms with Gasteiger partial charge >= 0.3 is 0 Å². The van der Waals surface area contributed by atoms with Gasteiger partial charge in [0.25, 0.3) is 5.91 Å². The van der Waals surface area contributed by atoms with E-state index in [2.05, 4.69) is 20.7 Å². The van der Waals surface area contributed by atoms with Gasteiger partial charge in [0.1, 0.15) is 0 Å². The van der Waals surface area contributed by atoms with Crippen LogP contribution >= 0.6 is 11.6 Å². The van der Waals surface area contributed by atoms with Crippen LogP contribution in [0.1, 0.15) is 49.2 Å². The molecule has 0 saturated heterocycles. The van der Waals surface area contributed by atoms with E-state index in [0.717, 1.165) is 5.69 Å². The van der Waals surface area contributed by atoms with Gasteiger partial charge in [-0.1, -0.05) is 38.4 Å². The number of carbonyl (C=O) groups is 2. The van der Waals surface area contributed by atoms with Gasteiger partial charge in [-0.25, -0.2) is 9.67 Å². The SMILES string of the molecule is CCC(=O)Nc1ccc(Cl)c(NC(=O)c2cnn(-c3ccccn3)c2C(C)C)c1. The Balaban J connectivity index is 1.91. The summed E-state index contributed by atoms with van der Waals surface area (Å²) in [5.74, 6) is 0.212. The fourth-order valence-corrected chi connectivity index (χ4v) is 3.05. The van der Waals surface area contributed by atoms with Gasteiger partial charge in [-0.05, 0) is 36.2 Å². The number of nitrogens with one attached hydrogen (secondary N) is 2. The maximum atomic E-state index is 13.0. The number of carbonyl (C=O) groups excluding carboxylic acids is 2. The Morgan fingerprint density at radius 1 is 1.17 bits per heavy atom. The van der Waals surface area contributed by atoms with Gasteiger partial charge in [-0.15, -0.1) is 0 Å². The van der Waals surface area contributed by atoms with E-state index in [9.17, 15) is 9.59 Å². The van der Waals surface area contributed by atoms with Gasteiger partial charge < -0.3 is 10.6 Å². The Kier molecular flexibility index (Phi) is 6.29. The fourth-order valence-electron chi connectivity index (χ4n) is 2.89. The van der Waals surface area contributed by atoms with Crippen molar-refractivity contribution in [2.45, 2.75) is 33.1 Å². The summed E-state index contributed by atoms with van der Waals surface area (Å²) in [7, 11) is 0. The summed E-state index contributed by atoms with van der Waals surface area (Å²) in [6.07, 6.45) is 3.56. The van der Waals surface area contributed by atoms with Crippen molar-refractivity contribution in [1.82, 2.24) is 14.8 Å². The van der Waals surface area contributed by atoms with Gasteiger partial charge in [0.05, 0.1) is 28.2 Å². The van der Waals surface area contributed by atoms with Gasteiger partial charge in [-0.2, -0.15) is 5.10 Å². The number of nitrogens with zero attached hydrogens (tertiary/aromatic N) is 3. The second kappa shape index (κ2) is 8.87. The monoisotopic (exact) mass is 411 g/mol. The van der Waals surface area contributed by atoms with Gasteiger partial charge in [0.15, 0.2) is 5.82 Å². The molecule has 29 heavy (non-hydrogen) atoms. The zero-order valence-electron chi connectivity index (χ0n) is 16.4. The molecule has 0 aliphatic rings. The van der Waals surface area contributed by atoms with Crippen LogP contribution in [0.4, 0.5) is 11.4 Å². The summed E-state index contributed by atoms with van der Waals surface area (Å²) in [5, 5.41) is 10.3. The van der Waals surface area contributed by atoms with E-state index >= 15 is 0 Å². The van der Waals surface area contributed by atoms with Crippen LogP contribution < -0.4 is 10.6 Å². The lowest BCUT2D eigenvalue weighted by atomic mass is 10.1. The van der Waals surface area contributed by atoms with Crippen molar-refractivity contribution < 1.29 is 9.59 Å². The van der Waals surface area contributed by atoms with Gasteiger partial charge in [-0.3, -0.25) is 9.59 Å². The molecule has 0 radical (unpaired) electrons. The number of hydrogen-bond acceptors (Lipinski definition) is 4. The number of pyridine rings is 1. The number of amides is 2. The maximum Gasteiger partial charge on any atom is 0.259 e. The van der Waals surface area contributed by atoms with Gasteiger partial charge in [0.2, 0.25) is 5.91 Å². The zero-order chi connectivity index (χ0) is 21.0. The van der Waals surface area contributed by atoms with Crippen LogP contribution in [0, 0.1) is 0 Å². The minimum Gasteiger partial charge on any atom is -0.326 e. The number of benzene rings is 1. The van der Waals surface area contributed by atoms with Crippen molar-refractivity contribution in [3.63, 3.8) is 0 Å². The van der Waals surface area contributed by atoms with E-state index in [1.807, 2.05) is 32.0 Å². The molecule has 2 N–H and O–H groups in total. The quantitative estimate of drug-likeness (QED) is 0.618. The molecule has 2 aromatic heterocycles. The molecule has 2 heterocycles. The first-order chi connectivity index (χ1) is 13.9. The van der Waals surface area contributed by atoms with Crippen molar-refractivity contribution in [2.75, 3.05) is 10.6 Å². The first-order valence-electron chi connectivity index (χ1n) is 9.30. The molecule has 1 aromatic carbocycles. The lowest BCUT2D eigenvalue weighted by Gasteiger charge is -2.13. The molecule has 0 atom stereocenters. The molecule has 3 aromatic rings. The van der Waals surface area contributed by atoms with E-state index in [1.165, 1.54) is 6.20 Å². The van der Waals surface area contributed by atoms with Crippen molar-refractivity contribution >= 4 is 34.8 Å². The Labute approximate surface area is 174 Å². The average Bonchev–Trinajstić information content (AvgIpc) is 3.16. The van der Waals surface area contributed by atoms with Crippen molar-refractivity contribution in [3.05, 3.63) is 65.1 Å². The number of hydrogen-bond donors (Lipinski definition) is 2. The average molecular weight is 412 g/mol. The third-order valence-electron chi connectivity index (χ3n) is 4.28. The van der Waals surface area contributed by atoms with Gasteiger partial charge in [0, 0.05) is 18.3 Å². The lowest BCUT2D eigenvalue weighted by molar-refractivity contribution is -0.115. The summed E-state index contributed by atoms with van der Waals surface area (Å²) in [4.78, 5) is 28.9. The fraction of sp³-hybridized carbons (Fsp3) is 0.238. The van der Waals surface area contributed by atoms with E-state index in [4.69, 9.17) is 11.6 Å². The highest BCUT2D eigenvalue weighted by Crippen LogP contribution is 2.28. The van der Waals surface area contributed by atoms with Crippen LogP contribution in [0.5, 0.6) is 0 Å². The molecule has 0 bridgehead atoms. The smallest absolute Gasteiger partial charge is 0.259 e. The van der Waals surface area contributed by atoms with Crippen LogP contribution in [0.2, 0.25) is 5.02 Å². The molecule has 7 nitrogen and oxygen atoms in total. The largest absolute Gasteiger partial charge is 0.326 e. The van der Waals surface area contributed by atoms with E-state index < -0.39 is 0 Å². The molecule has 0 aliphatic carbocycles.